The van der Waals surface area contributed by atoms with Gasteiger partial charge in [-0.2, -0.15) is 0 Å². The standard InChI is InChI=1S/C16H21N5O2/c1-11-8-14(22)20-16(19-11)13-10-21(6-7-23-13)9-12-4-3-5-18-15(12)17-2/h3-5,8,13H,6-7,9-10H2,1-2H3,(H,17,18)(H,19,20,22). The van der Waals surface area contributed by atoms with E-state index in [1.807, 2.05) is 20.0 Å². The quantitative estimate of drug-likeness (QED) is 0.879. The molecule has 1 aliphatic rings. The van der Waals surface area contributed by atoms with Crippen LogP contribution >= 0.6 is 0 Å². The molecule has 23 heavy (non-hydrogen) atoms. The van der Waals surface area contributed by atoms with E-state index in [1.54, 1.807) is 6.20 Å². The van der Waals surface area contributed by atoms with Crippen molar-refractivity contribution in [2.24, 2.45) is 0 Å². The lowest BCUT2D eigenvalue weighted by Gasteiger charge is -2.32. The SMILES string of the molecule is CNc1ncccc1CN1CCOC(c2nc(C)cc(=O)[nH]2)C1. The molecule has 1 aliphatic heterocycles. The van der Waals surface area contributed by atoms with E-state index in [-0.39, 0.29) is 11.7 Å². The molecule has 2 aromatic rings. The summed E-state index contributed by atoms with van der Waals surface area (Å²) in [5, 5.41) is 3.11. The lowest BCUT2D eigenvalue weighted by Crippen LogP contribution is -2.39. The van der Waals surface area contributed by atoms with E-state index in [2.05, 4.69) is 31.2 Å². The summed E-state index contributed by atoms with van der Waals surface area (Å²) in [5.41, 5.74) is 1.70. The summed E-state index contributed by atoms with van der Waals surface area (Å²) in [7, 11) is 1.87. The molecule has 3 rings (SSSR count). The van der Waals surface area contributed by atoms with E-state index >= 15 is 0 Å². The number of hydrogen-bond acceptors (Lipinski definition) is 6. The summed E-state index contributed by atoms with van der Waals surface area (Å²) in [5.74, 6) is 1.48. The fourth-order valence-corrected chi connectivity index (χ4v) is 2.80. The number of aryl methyl sites for hydroxylation is 1. The Bertz CT molecular complexity index is 730. The number of anilines is 1. The number of pyridine rings is 1. The van der Waals surface area contributed by atoms with Crippen LogP contribution in [-0.4, -0.2) is 46.6 Å². The molecule has 0 amide bonds. The van der Waals surface area contributed by atoms with Gasteiger partial charge in [0.25, 0.3) is 5.56 Å². The minimum atomic E-state index is -0.217. The van der Waals surface area contributed by atoms with Crippen LogP contribution in [-0.2, 0) is 11.3 Å². The molecule has 7 nitrogen and oxygen atoms in total. The van der Waals surface area contributed by atoms with Crippen molar-refractivity contribution in [3.05, 3.63) is 51.8 Å². The number of nitrogens with zero attached hydrogens (tertiary/aromatic N) is 3. The molecule has 7 heteroatoms. The Morgan fingerprint density at radius 2 is 2.39 bits per heavy atom. The zero-order valence-corrected chi connectivity index (χ0v) is 13.4. The first-order chi connectivity index (χ1) is 11.2. The summed E-state index contributed by atoms with van der Waals surface area (Å²) < 4.78 is 5.79. The number of nitrogens with one attached hydrogen (secondary N) is 2. The van der Waals surface area contributed by atoms with Gasteiger partial charge in [-0.25, -0.2) is 9.97 Å². The van der Waals surface area contributed by atoms with E-state index in [0.29, 0.717) is 24.7 Å². The highest BCUT2D eigenvalue weighted by molar-refractivity contribution is 5.42. The van der Waals surface area contributed by atoms with Crippen molar-refractivity contribution < 1.29 is 4.74 Å². The van der Waals surface area contributed by atoms with Gasteiger partial charge in [-0.15, -0.1) is 0 Å². The lowest BCUT2D eigenvalue weighted by molar-refractivity contribution is -0.0373. The molecule has 1 saturated heterocycles. The Hall–Kier alpha value is -2.25. The van der Waals surface area contributed by atoms with Crippen LogP contribution in [0.25, 0.3) is 0 Å². The second-order valence-electron chi connectivity index (χ2n) is 5.63. The Morgan fingerprint density at radius 1 is 1.52 bits per heavy atom. The topological polar surface area (TPSA) is 83.1 Å². The van der Waals surface area contributed by atoms with Crippen molar-refractivity contribution in [2.75, 3.05) is 32.1 Å². The van der Waals surface area contributed by atoms with E-state index in [4.69, 9.17) is 4.74 Å². The molecule has 2 N–H and O–H groups in total. The van der Waals surface area contributed by atoms with Crippen LogP contribution in [0.3, 0.4) is 0 Å². The van der Waals surface area contributed by atoms with Gasteiger partial charge in [0.05, 0.1) is 6.61 Å². The highest BCUT2D eigenvalue weighted by Gasteiger charge is 2.24. The smallest absolute Gasteiger partial charge is 0.251 e. The second kappa shape index (κ2) is 6.89. The molecule has 1 unspecified atom stereocenters. The third-order valence-corrected chi connectivity index (χ3v) is 3.87. The Labute approximate surface area is 134 Å². The summed E-state index contributed by atoms with van der Waals surface area (Å²) >= 11 is 0. The number of H-pyrrole nitrogens is 1. The van der Waals surface area contributed by atoms with Crippen molar-refractivity contribution in [3.63, 3.8) is 0 Å². The molecule has 0 aliphatic carbocycles. The Morgan fingerprint density at radius 3 is 3.17 bits per heavy atom. The van der Waals surface area contributed by atoms with Crippen LogP contribution in [0.2, 0.25) is 0 Å². The van der Waals surface area contributed by atoms with Crippen LogP contribution < -0.4 is 10.9 Å². The molecule has 0 radical (unpaired) electrons. The lowest BCUT2D eigenvalue weighted by atomic mass is 10.2. The zero-order valence-electron chi connectivity index (χ0n) is 13.4. The third kappa shape index (κ3) is 3.75. The maximum Gasteiger partial charge on any atom is 0.251 e. The number of morpholine rings is 1. The normalized spacial score (nSPS) is 18.8. The van der Waals surface area contributed by atoms with E-state index < -0.39 is 0 Å². The summed E-state index contributed by atoms with van der Waals surface area (Å²) in [6.45, 7) is 4.72. The second-order valence-corrected chi connectivity index (χ2v) is 5.63. The Kier molecular flexibility index (Phi) is 4.68. The highest BCUT2D eigenvalue weighted by atomic mass is 16.5. The molecule has 0 saturated carbocycles. The number of rotatable bonds is 4. The monoisotopic (exact) mass is 315 g/mol. The number of aromatic nitrogens is 3. The molecule has 0 spiro atoms. The van der Waals surface area contributed by atoms with Crippen LogP contribution in [0.1, 0.15) is 23.2 Å². The van der Waals surface area contributed by atoms with Crippen molar-refractivity contribution in [2.45, 2.75) is 19.6 Å². The summed E-state index contributed by atoms with van der Waals surface area (Å²) in [6, 6.07) is 5.49. The maximum absolute atomic E-state index is 11.6. The molecule has 0 bridgehead atoms. The van der Waals surface area contributed by atoms with Crippen molar-refractivity contribution in [1.82, 2.24) is 19.9 Å². The maximum atomic E-state index is 11.6. The molecule has 2 aromatic heterocycles. The Balaban J connectivity index is 1.74. The van der Waals surface area contributed by atoms with Crippen LogP contribution in [0.5, 0.6) is 0 Å². The number of hydrogen-bond donors (Lipinski definition) is 2. The van der Waals surface area contributed by atoms with Gasteiger partial charge in [0.1, 0.15) is 17.7 Å². The minimum absolute atomic E-state index is 0.141. The van der Waals surface area contributed by atoms with Gasteiger partial charge in [-0.3, -0.25) is 9.69 Å². The summed E-state index contributed by atoms with van der Waals surface area (Å²) in [6.07, 6.45) is 1.56. The molecular formula is C16H21N5O2. The van der Waals surface area contributed by atoms with Crippen molar-refractivity contribution in [1.29, 1.82) is 0 Å². The predicted octanol–water partition coefficient (Wildman–Crippen LogP) is 1.09. The molecule has 1 fully saturated rings. The van der Waals surface area contributed by atoms with Crippen LogP contribution in [0.4, 0.5) is 5.82 Å². The molecular weight excluding hydrogens is 294 g/mol. The molecule has 122 valence electrons. The number of ether oxygens (including phenoxy) is 1. The van der Waals surface area contributed by atoms with Crippen LogP contribution in [0.15, 0.2) is 29.2 Å². The first kappa shape index (κ1) is 15.6. The van der Waals surface area contributed by atoms with E-state index in [0.717, 1.165) is 24.5 Å². The fraction of sp³-hybridized carbons (Fsp3) is 0.438. The average molecular weight is 315 g/mol. The first-order valence-corrected chi connectivity index (χ1v) is 7.69. The highest BCUT2D eigenvalue weighted by Crippen LogP contribution is 2.21. The van der Waals surface area contributed by atoms with Gasteiger partial charge in [0, 0.05) is 50.2 Å². The van der Waals surface area contributed by atoms with Gasteiger partial charge >= 0.3 is 0 Å². The van der Waals surface area contributed by atoms with E-state index in [1.165, 1.54) is 6.07 Å². The third-order valence-electron chi connectivity index (χ3n) is 3.87. The molecule has 0 aromatic carbocycles. The fourth-order valence-electron chi connectivity index (χ4n) is 2.80. The first-order valence-electron chi connectivity index (χ1n) is 7.69. The van der Waals surface area contributed by atoms with Gasteiger partial charge in [0.2, 0.25) is 0 Å². The predicted molar refractivity (Wildman–Crippen MR) is 87.3 cm³/mol. The minimum Gasteiger partial charge on any atom is -0.373 e. The largest absolute Gasteiger partial charge is 0.373 e. The van der Waals surface area contributed by atoms with E-state index in [9.17, 15) is 4.79 Å². The van der Waals surface area contributed by atoms with Gasteiger partial charge in [0.15, 0.2) is 0 Å². The average Bonchev–Trinajstić information content (AvgIpc) is 2.55. The van der Waals surface area contributed by atoms with Crippen molar-refractivity contribution in [3.8, 4) is 0 Å². The van der Waals surface area contributed by atoms with Gasteiger partial charge in [-0.1, -0.05) is 6.07 Å². The molecule has 3 heterocycles. The zero-order chi connectivity index (χ0) is 16.2. The van der Waals surface area contributed by atoms with Gasteiger partial charge in [-0.05, 0) is 13.0 Å². The summed E-state index contributed by atoms with van der Waals surface area (Å²) in [4.78, 5) is 25.4. The van der Waals surface area contributed by atoms with Crippen molar-refractivity contribution >= 4 is 5.82 Å². The molecule has 1 atom stereocenters. The van der Waals surface area contributed by atoms with Crippen LogP contribution in [0, 0.1) is 6.92 Å². The van der Waals surface area contributed by atoms with Gasteiger partial charge < -0.3 is 15.0 Å². The number of aromatic amines is 1.